The van der Waals surface area contributed by atoms with Crippen LogP contribution < -0.4 is 11.1 Å². The van der Waals surface area contributed by atoms with E-state index in [2.05, 4.69) is 5.32 Å². The van der Waals surface area contributed by atoms with Gasteiger partial charge < -0.3 is 16.0 Å². The highest BCUT2D eigenvalue weighted by Crippen LogP contribution is 2.14. The number of rotatable bonds is 3. The van der Waals surface area contributed by atoms with E-state index in [0.29, 0.717) is 17.9 Å². The maximum absolute atomic E-state index is 12.1. The van der Waals surface area contributed by atoms with E-state index in [1.807, 2.05) is 43.3 Å². The normalized spacial score (nSPS) is 10.1. The lowest BCUT2D eigenvalue weighted by atomic mass is 10.1. The molecule has 0 aliphatic carbocycles. The lowest BCUT2D eigenvalue weighted by Crippen LogP contribution is -2.31. The second-order valence-electron chi connectivity index (χ2n) is 4.84. The molecule has 0 heterocycles. The smallest absolute Gasteiger partial charge is 0.321 e. The minimum atomic E-state index is -0.154. The molecular formula is C16H19N3O. The predicted octanol–water partition coefficient (Wildman–Crippen LogP) is 3.24. The van der Waals surface area contributed by atoms with Gasteiger partial charge in [-0.05, 0) is 36.2 Å². The van der Waals surface area contributed by atoms with E-state index >= 15 is 0 Å². The van der Waals surface area contributed by atoms with Gasteiger partial charge in [0, 0.05) is 25.0 Å². The van der Waals surface area contributed by atoms with Crippen LogP contribution >= 0.6 is 0 Å². The van der Waals surface area contributed by atoms with Crippen LogP contribution in [0.5, 0.6) is 0 Å². The third-order valence-corrected chi connectivity index (χ3v) is 3.15. The van der Waals surface area contributed by atoms with E-state index in [1.54, 1.807) is 24.1 Å². The van der Waals surface area contributed by atoms with Crippen LogP contribution in [-0.4, -0.2) is 18.0 Å². The second kappa shape index (κ2) is 6.10. The van der Waals surface area contributed by atoms with Crippen LogP contribution in [0.1, 0.15) is 11.1 Å². The van der Waals surface area contributed by atoms with Gasteiger partial charge in [-0.1, -0.05) is 30.3 Å². The van der Waals surface area contributed by atoms with E-state index in [1.165, 1.54) is 5.56 Å². The van der Waals surface area contributed by atoms with Crippen LogP contribution in [-0.2, 0) is 6.54 Å². The molecule has 0 unspecified atom stereocenters. The monoisotopic (exact) mass is 269 g/mol. The number of carbonyl (C=O) groups excluding carboxylic acids is 1. The van der Waals surface area contributed by atoms with E-state index in [4.69, 9.17) is 5.73 Å². The number of hydrogen-bond acceptors (Lipinski definition) is 2. The van der Waals surface area contributed by atoms with Gasteiger partial charge in [0.15, 0.2) is 0 Å². The molecule has 2 rings (SSSR count). The van der Waals surface area contributed by atoms with Gasteiger partial charge in [-0.3, -0.25) is 0 Å². The zero-order valence-corrected chi connectivity index (χ0v) is 11.8. The summed E-state index contributed by atoms with van der Waals surface area (Å²) in [5.41, 5.74) is 9.33. The van der Waals surface area contributed by atoms with Gasteiger partial charge in [-0.25, -0.2) is 4.79 Å². The Morgan fingerprint density at radius 1 is 1.20 bits per heavy atom. The molecule has 0 aliphatic rings. The number of aryl methyl sites for hydroxylation is 1. The SMILES string of the molecule is Cc1ccccc1CN(C)C(=O)Nc1cccc(N)c1. The number of nitrogen functional groups attached to an aromatic ring is 1. The summed E-state index contributed by atoms with van der Waals surface area (Å²) in [4.78, 5) is 13.8. The molecule has 2 aromatic carbocycles. The molecule has 0 bridgehead atoms. The van der Waals surface area contributed by atoms with E-state index in [9.17, 15) is 4.79 Å². The number of amides is 2. The molecule has 4 nitrogen and oxygen atoms in total. The molecule has 0 saturated heterocycles. The first-order valence-electron chi connectivity index (χ1n) is 6.48. The molecule has 0 aliphatic heterocycles. The molecule has 2 amide bonds. The van der Waals surface area contributed by atoms with Crippen LogP contribution in [0.4, 0.5) is 16.2 Å². The fourth-order valence-corrected chi connectivity index (χ4v) is 1.95. The average Bonchev–Trinajstić information content (AvgIpc) is 2.41. The molecule has 0 aromatic heterocycles. The van der Waals surface area contributed by atoms with Crippen LogP contribution in [0.2, 0.25) is 0 Å². The maximum atomic E-state index is 12.1. The first-order valence-corrected chi connectivity index (χ1v) is 6.48. The fourth-order valence-electron chi connectivity index (χ4n) is 1.95. The fraction of sp³-hybridized carbons (Fsp3) is 0.188. The Hall–Kier alpha value is -2.49. The number of nitrogens with zero attached hydrogens (tertiary/aromatic N) is 1. The number of anilines is 2. The van der Waals surface area contributed by atoms with Crippen molar-refractivity contribution in [1.82, 2.24) is 4.90 Å². The zero-order chi connectivity index (χ0) is 14.5. The molecule has 2 aromatic rings. The molecule has 20 heavy (non-hydrogen) atoms. The van der Waals surface area contributed by atoms with Crippen molar-refractivity contribution in [3.63, 3.8) is 0 Å². The number of nitrogens with two attached hydrogens (primary N) is 1. The standard InChI is InChI=1S/C16H19N3O/c1-12-6-3-4-7-13(12)11-19(2)16(20)18-15-9-5-8-14(17)10-15/h3-10H,11,17H2,1-2H3,(H,18,20). The maximum Gasteiger partial charge on any atom is 0.321 e. The minimum Gasteiger partial charge on any atom is -0.399 e. The highest BCUT2D eigenvalue weighted by molar-refractivity contribution is 5.89. The first-order chi connectivity index (χ1) is 9.56. The second-order valence-corrected chi connectivity index (χ2v) is 4.84. The Morgan fingerprint density at radius 3 is 2.65 bits per heavy atom. The van der Waals surface area contributed by atoms with Gasteiger partial charge in [0.2, 0.25) is 0 Å². The summed E-state index contributed by atoms with van der Waals surface area (Å²) >= 11 is 0. The molecule has 0 radical (unpaired) electrons. The van der Waals surface area contributed by atoms with Gasteiger partial charge in [-0.15, -0.1) is 0 Å². The van der Waals surface area contributed by atoms with Crippen LogP contribution in [0, 0.1) is 6.92 Å². The van der Waals surface area contributed by atoms with Crippen molar-refractivity contribution in [2.24, 2.45) is 0 Å². The average molecular weight is 269 g/mol. The Balaban J connectivity index is 2.01. The van der Waals surface area contributed by atoms with Crippen molar-refractivity contribution in [2.75, 3.05) is 18.1 Å². The third kappa shape index (κ3) is 3.51. The quantitative estimate of drug-likeness (QED) is 0.840. The van der Waals surface area contributed by atoms with Gasteiger partial charge in [-0.2, -0.15) is 0 Å². The molecule has 0 saturated carbocycles. The zero-order valence-electron chi connectivity index (χ0n) is 11.8. The summed E-state index contributed by atoms with van der Waals surface area (Å²) < 4.78 is 0. The van der Waals surface area contributed by atoms with Crippen LogP contribution in [0.3, 0.4) is 0 Å². The number of urea groups is 1. The lowest BCUT2D eigenvalue weighted by molar-refractivity contribution is 0.220. The first kappa shape index (κ1) is 13.9. The van der Waals surface area contributed by atoms with Crippen LogP contribution in [0.25, 0.3) is 0 Å². The Labute approximate surface area is 119 Å². The summed E-state index contributed by atoms with van der Waals surface area (Å²) in [6, 6.07) is 15.0. The van der Waals surface area contributed by atoms with Gasteiger partial charge >= 0.3 is 6.03 Å². The highest BCUT2D eigenvalue weighted by Gasteiger charge is 2.10. The summed E-state index contributed by atoms with van der Waals surface area (Å²) in [5, 5.41) is 2.83. The predicted molar refractivity (Wildman–Crippen MR) is 82.5 cm³/mol. The largest absolute Gasteiger partial charge is 0.399 e. The molecule has 0 fully saturated rings. The Morgan fingerprint density at radius 2 is 1.95 bits per heavy atom. The van der Waals surface area contributed by atoms with E-state index in [0.717, 1.165) is 5.56 Å². The summed E-state index contributed by atoms with van der Waals surface area (Å²) in [7, 11) is 1.77. The molecule has 104 valence electrons. The van der Waals surface area contributed by atoms with Gasteiger partial charge in [0.1, 0.15) is 0 Å². The van der Waals surface area contributed by atoms with Crippen molar-refractivity contribution in [3.05, 3.63) is 59.7 Å². The summed E-state index contributed by atoms with van der Waals surface area (Å²) in [6.07, 6.45) is 0. The lowest BCUT2D eigenvalue weighted by Gasteiger charge is -2.19. The number of benzene rings is 2. The van der Waals surface area contributed by atoms with Crippen LogP contribution in [0.15, 0.2) is 48.5 Å². The molecule has 0 spiro atoms. The molecule has 4 heteroatoms. The Kier molecular flexibility index (Phi) is 4.25. The van der Waals surface area contributed by atoms with Crippen molar-refractivity contribution in [3.8, 4) is 0 Å². The molecular weight excluding hydrogens is 250 g/mol. The van der Waals surface area contributed by atoms with Gasteiger partial charge in [0.05, 0.1) is 0 Å². The van der Waals surface area contributed by atoms with Gasteiger partial charge in [0.25, 0.3) is 0 Å². The number of nitrogens with one attached hydrogen (secondary N) is 1. The van der Waals surface area contributed by atoms with Crippen molar-refractivity contribution >= 4 is 17.4 Å². The molecule has 3 N–H and O–H groups in total. The van der Waals surface area contributed by atoms with Crippen molar-refractivity contribution < 1.29 is 4.79 Å². The number of hydrogen-bond donors (Lipinski definition) is 2. The Bertz CT molecular complexity index is 610. The molecule has 0 atom stereocenters. The minimum absolute atomic E-state index is 0.154. The summed E-state index contributed by atoms with van der Waals surface area (Å²) in [5.74, 6) is 0. The van der Waals surface area contributed by atoms with Crippen molar-refractivity contribution in [2.45, 2.75) is 13.5 Å². The van der Waals surface area contributed by atoms with Crippen molar-refractivity contribution in [1.29, 1.82) is 0 Å². The van der Waals surface area contributed by atoms with E-state index < -0.39 is 0 Å². The van der Waals surface area contributed by atoms with E-state index in [-0.39, 0.29) is 6.03 Å². The number of carbonyl (C=O) groups is 1. The summed E-state index contributed by atoms with van der Waals surface area (Å²) in [6.45, 7) is 2.61. The highest BCUT2D eigenvalue weighted by atomic mass is 16.2. The third-order valence-electron chi connectivity index (χ3n) is 3.15. The topological polar surface area (TPSA) is 58.4 Å².